The first-order valence-corrected chi connectivity index (χ1v) is 6.38. The number of nitro benzene ring substituents is 1. The molecule has 7 nitrogen and oxygen atoms in total. The van der Waals surface area contributed by atoms with Crippen LogP contribution >= 0.6 is 11.8 Å². The van der Waals surface area contributed by atoms with Crippen molar-refractivity contribution in [1.29, 1.82) is 5.26 Å². The van der Waals surface area contributed by atoms with Crippen LogP contribution in [0.4, 0.5) is 5.69 Å². The Morgan fingerprint density at radius 3 is 2.67 bits per heavy atom. The molecule has 0 aliphatic rings. The molecule has 8 heteroatoms. The minimum absolute atomic E-state index is 0.0274. The van der Waals surface area contributed by atoms with Crippen molar-refractivity contribution in [3.63, 3.8) is 0 Å². The molecule has 0 spiro atoms. The van der Waals surface area contributed by atoms with Gasteiger partial charge in [-0.2, -0.15) is 5.26 Å². The summed E-state index contributed by atoms with van der Waals surface area (Å²) < 4.78 is 0. The second-order valence-corrected chi connectivity index (χ2v) is 4.91. The number of carbonyl (C=O) groups is 1. The maximum absolute atomic E-state index is 11.0. The molecular weight excluding hydrogens is 294 g/mol. The summed E-state index contributed by atoms with van der Waals surface area (Å²) in [6.07, 6.45) is 1.17. The Kier molecular flexibility index (Phi) is 4.15. The van der Waals surface area contributed by atoms with E-state index in [1.165, 1.54) is 36.5 Å². The van der Waals surface area contributed by atoms with E-state index in [0.29, 0.717) is 10.6 Å². The molecule has 0 fully saturated rings. The van der Waals surface area contributed by atoms with Gasteiger partial charge in [0.25, 0.3) is 5.69 Å². The Balaban J connectivity index is 2.36. The Morgan fingerprint density at radius 1 is 1.38 bits per heavy atom. The number of hydrogen-bond acceptors (Lipinski definition) is 6. The van der Waals surface area contributed by atoms with E-state index in [4.69, 9.17) is 10.4 Å². The number of carboxylic acids is 1. The predicted molar refractivity (Wildman–Crippen MR) is 73.1 cm³/mol. The quantitative estimate of drug-likeness (QED) is 0.681. The van der Waals surface area contributed by atoms with Gasteiger partial charge in [0.2, 0.25) is 0 Å². The third kappa shape index (κ3) is 3.34. The average molecular weight is 301 g/mol. The number of benzene rings is 1. The van der Waals surface area contributed by atoms with Crippen LogP contribution in [0.3, 0.4) is 0 Å². The lowest BCUT2D eigenvalue weighted by Gasteiger charge is -2.03. The van der Waals surface area contributed by atoms with Gasteiger partial charge in [0.15, 0.2) is 0 Å². The van der Waals surface area contributed by atoms with Crippen LogP contribution in [0, 0.1) is 21.4 Å². The zero-order valence-electron chi connectivity index (χ0n) is 10.4. The molecule has 0 bridgehead atoms. The molecule has 21 heavy (non-hydrogen) atoms. The molecule has 0 aliphatic heterocycles. The number of nitro groups is 1. The Hall–Kier alpha value is -2.92. The highest BCUT2D eigenvalue weighted by Crippen LogP contribution is 2.34. The van der Waals surface area contributed by atoms with E-state index in [-0.39, 0.29) is 16.1 Å². The van der Waals surface area contributed by atoms with Crippen molar-refractivity contribution in [1.82, 2.24) is 4.98 Å². The van der Waals surface area contributed by atoms with Crippen molar-refractivity contribution in [3.8, 4) is 6.07 Å². The van der Waals surface area contributed by atoms with Gasteiger partial charge in [-0.15, -0.1) is 0 Å². The van der Waals surface area contributed by atoms with E-state index in [0.717, 1.165) is 11.8 Å². The minimum Gasteiger partial charge on any atom is -0.478 e. The van der Waals surface area contributed by atoms with Crippen LogP contribution in [0.25, 0.3) is 0 Å². The summed E-state index contributed by atoms with van der Waals surface area (Å²) in [4.78, 5) is 25.3. The van der Waals surface area contributed by atoms with Crippen LogP contribution in [0.15, 0.2) is 46.5 Å². The predicted octanol–water partition coefficient (Wildman–Crippen LogP) is 2.71. The van der Waals surface area contributed by atoms with Gasteiger partial charge in [0.05, 0.1) is 27.0 Å². The lowest BCUT2D eigenvalue weighted by Crippen LogP contribution is -1.97. The third-order valence-electron chi connectivity index (χ3n) is 2.48. The summed E-state index contributed by atoms with van der Waals surface area (Å²) in [5.74, 6) is -1.10. The number of hydrogen-bond donors (Lipinski definition) is 1. The largest absolute Gasteiger partial charge is 0.478 e. The molecule has 2 rings (SSSR count). The number of nitrogens with zero attached hydrogens (tertiary/aromatic N) is 3. The molecule has 0 unspecified atom stereocenters. The van der Waals surface area contributed by atoms with Crippen molar-refractivity contribution in [2.45, 2.75) is 9.92 Å². The van der Waals surface area contributed by atoms with Crippen molar-refractivity contribution in [2.75, 3.05) is 0 Å². The number of aromatic nitrogens is 1. The van der Waals surface area contributed by atoms with Crippen LogP contribution < -0.4 is 0 Å². The van der Waals surface area contributed by atoms with Gasteiger partial charge >= 0.3 is 5.97 Å². The minimum atomic E-state index is -1.10. The molecule has 0 radical (unpaired) electrons. The zero-order chi connectivity index (χ0) is 15.4. The molecule has 0 saturated heterocycles. The first-order chi connectivity index (χ1) is 10.0. The summed E-state index contributed by atoms with van der Waals surface area (Å²) in [5.41, 5.74) is 0.188. The van der Waals surface area contributed by atoms with E-state index < -0.39 is 10.9 Å². The highest BCUT2D eigenvalue weighted by atomic mass is 32.2. The van der Waals surface area contributed by atoms with Crippen molar-refractivity contribution in [3.05, 3.63) is 57.8 Å². The van der Waals surface area contributed by atoms with Crippen LogP contribution in [0.5, 0.6) is 0 Å². The molecule has 0 atom stereocenters. The number of nitriles is 1. The summed E-state index contributed by atoms with van der Waals surface area (Å²) >= 11 is 0.996. The Morgan fingerprint density at radius 2 is 2.14 bits per heavy atom. The second kappa shape index (κ2) is 6.02. The molecule has 1 heterocycles. The zero-order valence-corrected chi connectivity index (χ0v) is 11.2. The lowest BCUT2D eigenvalue weighted by atomic mass is 10.2. The summed E-state index contributed by atoms with van der Waals surface area (Å²) in [6, 6.07) is 8.74. The van der Waals surface area contributed by atoms with Gasteiger partial charge in [0, 0.05) is 12.3 Å². The maximum Gasteiger partial charge on any atom is 0.337 e. The third-order valence-corrected chi connectivity index (χ3v) is 3.48. The SMILES string of the molecule is N#Cc1ccc([N+](=O)[O-])c(Sc2ccc(C(=O)O)cn2)c1. The van der Waals surface area contributed by atoms with Gasteiger partial charge in [0.1, 0.15) is 5.03 Å². The average Bonchev–Trinajstić information content (AvgIpc) is 2.47. The first-order valence-electron chi connectivity index (χ1n) is 5.57. The monoisotopic (exact) mass is 301 g/mol. The highest BCUT2D eigenvalue weighted by Gasteiger charge is 2.16. The Bertz CT molecular complexity index is 753. The molecule has 0 aliphatic carbocycles. The topological polar surface area (TPSA) is 117 Å². The fourth-order valence-corrected chi connectivity index (χ4v) is 2.40. The maximum atomic E-state index is 11.0. The number of rotatable bonds is 4. The Labute approximate surface area is 123 Å². The number of pyridine rings is 1. The van der Waals surface area contributed by atoms with Crippen LogP contribution in [0.2, 0.25) is 0 Å². The van der Waals surface area contributed by atoms with Gasteiger partial charge in [-0.25, -0.2) is 9.78 Å². The molecular formula is C13H7N3O4S. The molecule has 104 valence electrons. The van der Waals surface area contributed by atoms with E-state index in [1.807, 2.05) is 6.07 Å². The van der Waals surface area contributed by atoms with Gasteiger partial charge in [-0.05, 0) is 24.3 Å². The van der Waals surface area contributed by atoms with Gasteiger partial charge < -0.3 is 5.11 Å². The van der Waals surface area contributed by atoms with Crippen molar-refractivity contribution < 1.29 is 14.8 Å². The van der Waals surface area contributed by atoms with Crippen molar-refractivity contribution >= 4 is 23.4 Å². The number of carboxylic acid groups (broad SMARTS) is 1. The van der Waals surface area contributed by atoms with Crippen LogP contribution in [-0.4, -0.2) is 21.0 Å². The summed E-state index contributed by atoms with van der Waals surface area (Å²) in [7, 11) is 0. The van der Waals surface area contributed by atoms with E-state index >= 15 is 0 Å². The molecule has 1 N–H and O–H groups in total. The molecule has 1 aromatic carbocycles. The molecule has 0 amide bonds. The van der Waals surface area contributed by atoms with E-state index in [2.05, 4.69) is 4.98 Å². The number of aromatic carboxylic acids is 1. The van der Waals surface area contributed by atoms with Gasteiger partial charge in [-0.3, -0.25) is 10.1 Å². The smallest absolute Gasteiger partial charge is 0.337 e. The lowest BCUT2D eigenvalue weighted by molar-refractivity contribution is -0.387. The molecule has 2 aromatic rings. The van der Waals surface area contributed by atoms with Crippen molar-refractivity contribution in [2.24, 2.45) is 0 Å². The summed E-state index contributed by atoms with van der Waals surface area (Å²) in [6.45, 7) is 0. The van der Waals surface area contributed by atoms with Crippen LogP contribution in [-0.2, 0) is 0 Å². The normalized spacial score (nSPS) is 9.86. The molecule has 1 aromatic heterocycles. The second-order valence-electron chi connectivity index (χ2n) is 3.84. The fraction of sp³-hybridized carbons (Fsp3) is 0. The first kappa shape index (κ1) is 14.5. The van der Waals surface area contributed by atoms with E-state index in [9.17, 15) is 14.9 Å². The molecule has 0 saturated carbocycles. The summed E-state index contributed by atoms with van der Waals surface area (Å²) in [5, 5.41) is 29.0. The standard InChI is InChI=1S/C13H7N3O4S/c14-6-8-1-3-10(16(19)20)11(5-8)21-12-4-2-9(7-15-12)13(17)18/h1-5,7H,(H,17,18). The fourth-order valence-electron chi connectivity index (χ4n) is 1.50. The van der Waals surface area contributed by atoms with Crippen LogP contribution in [0.1, 0.15) is 15.9 Å². The van der Waals surface area contributed by atoms with Gasteiger partial charge in [-0.1, -0.05) is 11.8 Å². The van der Waals surface area contributed by atoms with E-state index in [1.54, 1.807) is 0 Å². The highest BCUT2D eigenvalue weighted by molar-refractivity contribution is 7.99.